The molecule has 0 saturated heterocycles. The number of hydrogen-bond acceptors (Lipinski definition) is 4. The van der Waals surface area contributed by atoms with E-state index in [4.69, 9.17) is 0 Å². The summed E-state index contributed by atoms with van der Waals surface area (Å²) in [6.07, 6.45) is -0.357. The molecular weight excluding hydrogens is 451 g/mol. The predicted molar refractivity (Wildman–Crippen MR) is 118 cm³/mol. The highest BCUT2D eigenvalue weighted by Gasteiger charge is 2.31. The number of benzene rings is 2. The van der Waals surface area contributed by atoms with Crippen LogP contribution in [0.5, 0.6) is 5.75 Å². The molecule has 2 rings (SSSR count). The van der Waals surface area contributed by atoms with Gasteiger partial charge in [0.1, 0.15) is 5.75 Å². The van der Waals surface area contributed by atoms with Crippen molar-refractivity contribution in [3.05, 3.63) is 85.0 Å². The summed E-state index contributed by atoms with van der Waals surface area (Å²) >= 11 is 0. The van der Waals surface area contributed by atoms with Gasteiger partial charge in [-0.05, 0) is 41.8 Å². The Morgan fingerprint density at radius 2 is 1.42 bits per heavy atom. The second kappa shape index (κ2) is 11.9. The van der Waals surface area contributed by atoms with Crippen molar-refractivity contribution < 1.29 is 26.3 Å². The van der Waals surface area contributed by atoms with Crippen molar-refractivity contribution in [2.24, 2.45) is 0 Å². The normalized spacial score (nSPS) is 11.6. The van der Waals surface area contributed by atoms with Gasteiger partial charge in [-0.25, -0.2) is 8.42 Å². The summed E-state index contributed by atoms with van der Waals surface area (Å²) in [5, 5.41) is 0. The van der Waals surface area contributed by atoms with Crippen LogP contribution >= 0.6 is 12.4 Å². The number of alkyl halides is 3. The highest BCUT2D eigenvalue weighted by Crippen LogP contribution is 2.25. The topological polar surface area (TPSA) is 46.6 Å². The van der Waals surface area contributed by atoms with E-state index in [0.717, 1.165) is 55.9 Å². The minimum absolute atomic E-state index is 0. The van der Waals surface area contributed by atoms with Gasteiger partial charge < -0.3 is 4.74 Å². The maximum Gasteiger partial charge on any atom is 0.573 e. The summed E-state index contributed by atoms with van der Waals surface area (Å²) in [4.78, 5) is 2.12. The van der Waals surface area contributed by atoms with Crippen LogP contribution < -0.4 is 4.74 Å². The lowest BCUT2D eigenvalue weighted by molar-refractivity contribution is -0.274. The molecule has 0 amide bonds. The molecule has 9 heteroatoms. The predicted octanol–water partition coefficient (Wildman–Crippen LogP) is 5.20. The first-order valence-corrected chi connectivity index (χ1v) is 10.9. The lowest BCUT2D eigenvalue weighted by Gasteiger charge is -2.18. The van der Waals surface area contributed by atoms with E-state index in [9.17, 15) is 21.6 Å². The van der Waals surface area contributed by atoms with Crippen LogP contribution in [0.3, 0.4) is 0 Å². The van der Waals surface area contributed by atoms with Gasteiger partial charge in [0, 0.05) is 19.6 Å². The Hall–Kier alpha value is -2.29. The highest BCUT2D eigenvalue weighted by molar-refractivity contribution is 7.90. The Labute approximate surface area is 187 Å². The number of rotatable bonds is 11. The van der Waals surface area contributed by atoms with Crippen molar-refractivity contribution in [1.29, 1.82) is 0 Å². The summed E-state index contributed by atoms with van der Waals surface area (Å²) in [5.74, 6) is -0.709. The van der Waals surface area contributed by atoms with Crippen molar-refractivity contribution in [1.82, 2.24) is 4.90 Å². The molecule has 2 aromatic rings. The summed E-state index contributed by atoms with van der Waals surface area (Å²) in [6, 6.07) is 11.5. The molecule has 0 heterocycles. The van der Waals surface area contributed by atoms with Crippen LogP contribution in [0, 0.1) is 0 Å². The van der Waals surface area contributed by atoms with Crippen molar-refractivity contribution in [3.63, 3.8) is 0 Å². The second-order valence-electron chi connectivity index (χ2n) is 6.68. The van der Waals surface area contributed by atoms with Gasteiger partial charge in [0.25, 0.3) is 0 Å². The van der Waals surface area contributed by atoms with E-state index in [1.54, 1.807) is 12.1 Å². The van der Waals surface area contributed by atoms with Crippen LogP contribution in [0.15, 0.2) is 78.7 Å². The first-order chi connectivity index (χ1) is 14.1. The molecule has 0 spiro atoms. The van der Waals surface area contributed by atoms with E-state index >= 15 is 0 Å². The van der Waals surface area contributed by atoms with Crippen molar-refractivity contribution >= 4 is 22.2 Å². The van der Waals surface area contributed by atoms with Crippen LogP contribution in [0.4, 0.5) is 13.2 Å². The van der Waals surface area contributed by atoms with E-state index in [0.29, 0.717) is 5.56 Å². The van der Waals surface area contributed by atoms with Gasteiger partial charge in [-0.2, -0.15) is 0 Å². The van der Waals surface area contributed by atoms with Crippen LogP contribution in [0.1, 0.15) is 11.1 Å². The zero-order valence-corrected chi connectivity index (χ0v) is 18.5. The largest absolute Gasteiger partial charge is 0.573 e. The lowest BCUT2D eigenvalue weighted by Crippen LogP contribution is -2.26. The molecule has 2 aromatic carbocycles. The van der Waals surface area contributed by atoms with Gasteiger partial charge in [-0.3, -0.25) is 4.90 Å². The van der Waals surface area contributed by atoms with E-state index < -0.39 is 21.9 Å². The molecule has 0 fully saturated rings. The zero-order valence-electron chi connectivity index (χ0n) is 16.8. The van der Waals surface area contributed by atoms with E-state index in [1.165, 1.54) is 0 Å². The van der Waals surface area contributed by atoms with Gasteiger partial charge in [0.2, 0.25) is 0 Å². The summed E-state index contributed by atoms with van der Waals surface area (Å²) in [7, 11) is -3.69. The van der Waals surface area contributed by atoms with Gasteiger partial charge in [-0.1, -0.05) is 36.4 Å². The standard InChI is InChI=1S/C22H24F3NO3S.ClH/c1-3-14-26(15-4-2)16-13-18-5-7-19(8-6-18)17-30(27,28)21-11-9-20(10-12-21)29-22(23,24)25;/h3-12H,1-2,13-17H2;1H. The lowest BCUT2D eigenvalue weighted by atomic mass is 10.1. The molecule has 0 aliphatic heterocycles. The monoisotopic (exact) mass is 475 g/mol. The fraction of sp³-hybridized carbons (Fsp3) is 0.273. The molecule has 0 saturated carbocycles. The Kier molecular flexibility index (Phi) is 10.3. The van der Waals surface area contributed by atoms with Gasteiger partial charge in [-0.15, -0.1) is 38.7 Å². The van der Waals surface area contributed by atoms with Crippen LogP contribution in [-0.4, -0.2) is 39.3 Å². The van der Waals surface area contributed by atoms with Crippen LogP contribution in [-0.2, 0) is 22.0 Å². The number of halogens is 4. The fourth-order valence-electron chi connectivity index (χ4n) is 2.86. The van der Waals surface area contributed by atoms with Crippen LogP contribution in [0.25, 0.3) is 0 Å². The van der Waals surface area contributed by atoms with E-state index in [2.05, 4.69) is 22.8 Å². The molecule has 31 heavy (non-hydrogen) atoms. The van der Waals surface area contributed by atoms with Crippen molar-refractivity contribution in [2.75, 3.05) is 19.6 Å². The third-order valence-electron chi connectivity index (χ3n) is 4.29. The van der Waals surface area contributed by atoms with E-state index in [1.807, 2.05) is 24.3 Å². The minimum atomic E-state index is -4.82. The molecule has 170 valence electrons. The highest BCUT2D eigenvalue weighted by atomic mass is 35.5. The van der Waals surface area contributed by atoms with E-state index in [-0.39, 0.29) is 23.1 Å². The first kappa shape index (κ1) is 26.7. The molecule has 0 radical (unpaired) electrons. The van der Waals surface area contributed by atoms with Gasteiger partial charge >= 0.3 is 6.36 Å². The van der Waals surface area contributed by atoms with Crippen molar-refractivity contribution in [2.45, 2.75) is 23.4 Å². The smallest absolute Gasteiger partial charge is 0.406 e. The molecule has 0 bridgehead atoms. The Morgan fingerprint density at radius 3 is 1.90 bits per heavy atom. The summed E-state index contributed by atoms with van der Waals surface area (Å²) < 4.78 is 65.5. The Balaban J connectivity index is 0.00000480. The average molecular weight is 476 g/mol. The third-order valence-corrected chi connectivity index (χ3v) is 5.99. The Morgan fingerprint density at radius 1 is 0.903 bits per heavy atom. The first-order valence-electron chi connectivity index (χ1n) is 9.23. The number of hydrogen-bond donors (Lipinski definition) is 0. The molecule has 0 unspecified atom stereocenters. The Bertz CT molecular complexity index is 933. The molecule has 0 aliphatic carbocycles. The SMILES string of the molecule is C=CCN(CC=C)CCc1ccc(CS(=O)(=O)c2ccc(OC(F)(F)F)cc2)cc1.Cl. The van der Waals surface area contributed by atoms with Crippen LogP contribution in [0.2, 0.25) is 0 Å². The zero-order chi connectivity index (χ0) is 22.2. The average Bonchev–Trinajstić information content (AvgIpc) is 2.66. The molecular formula is C22H25ClF3NO3S. The quantitative estimate of drug-likeness (QED) is 0.419. The molecule has 4 nitrogen and oxygen atoms in total. The number of ether oxygens (including phenoxy) is 1. The number of nitrogens with zero attached hydrogens (tertiary/aromatic N) is 1. The minimum Gasteiger partial charge on any atom is -0.406 e. The molecule has 0 aliphatic rings. The van der Waals surface area contributed by atoms with Gasteiger partial charge in [0.15, 0.2) is 9.84 Å². The number of sulfone groups is 1. The third kappa shape index (κ3) is 9.16. The van der Waals surface area contributed by atoms with Gasteiger partial charge in [0.05, 0.1) is 10.6 Å². The molecule has 0 N–H and O–H groups in total. The fourth-order valence-corrected chi connectivity index (χ4v) is 4.21. The second-order valence-corrected chi connectivity index (χ2v) is 8.67. The molecule has 0 aromatic heterocycles. The maximum atomic E-state index is 12.6. The maximum absolute atomic E-state index is 12.6. The summed E-state index contributed by atoms with van der Waals surface area (Å²) in [6.45, 7) is 9.82. The summed E-state index contributed by atoms with van der Waals surface area (Å²) in [5.41, 5.74) is 1.67. The van der Waals surface area contributed by atoms with Crippen molar-refractivity contribution in [3.8, 4) is 5.75 Å². The molecule has 0 atom stereocenters.